The normalized spacial score (nSPS) is 30.5. The Bertz CT molecular complexity index is 386. The van der Waals surface area contributed by atoms with Gasteiger partial charge in [-0.15, -0.1) is 23.2 Å². The minimum atomic E-state index is -1.89. The van der Waals surface area contributed by atoms with Crippen LogP contribution in [0.2, 0.25) is 0 Å². The van der Waals surface area contributed by atoms with Crippen LogP contribution < -0.4 is 0 Å². The highest BCUT2D eigenvalue weighted by atomic mass is 35.5. The fraction of sp³-hybridized carbons (Fsp3) is 0.333. The number of carbonyl (C=O) groups is 2. The molecular weight excluding hydrogens is 243 g/mol. The summed E-state index contributed by atoms with van der Waals surface area (Å²) in [6, 6.07) is 0. The number of carboxylic acids is 2. The van der Waals surface area contributed by atoms with Gasteiger partial charge in [0.25, 0.3) is 0 Å². The number of carboxylic acid groups (broad SMARTS) is 2. The van der Waals surface area contributed by atoms with Gasteiger partial charge in [0.15, 0.2) is 4.87 Å². The Hall–Kier alpha value is -1.00. The van der Waals surface area contributed by atoms with Gasteiger partial charge in [-0.05, 0) is 12.5 Å². The Labute approximate surface area is 95.8 Å². The van der Waals surface area contributed by atoms with Crippen LogP contribution in [0.25, 0.3) is 0 Å². The van der Waals surface area contributed by atoms with Crippen molar-refractivity contribution in [2.24, 2.45) is 0 Å². The summed E-state index contributed by atoms with van der Waals surface area (Å²) in [4.78, 5) is 19.8. The van der Waals surface area contributed by atoms with Gasteiger partial charge in [-0.1, -0.05) is 12.2 Å². The van der Waals surface area contributed by atoms with Crippen LogP contribution in [0.4, 0.5) is 0 Å². The highest BCUT2D eigenvalue weighted by molar-refractivity contribution is 6.43. The van der Waals surface area contributed by atoms with Gasteiger partial charge in [-0.25, -0.2) is 9.59 Å². The number of allylic oxidation sites excluding steroid dienone is 2. The average Bonchev–Trinajstić information content (AvgIpc) is 2.11. The lowest BCUT2D eigenvalue weighted by atomic mass is 9.89. The number of hydrogen-bond donors (Lipinski definition) is 2. The van der Waals surface area contributed by atoms with Gasteiger partial charge in [0.2, 0.25) is 0 Å². The summed E-state index contributed by atoms with van der Waals surface area (Å²) in [7, 11) is 0. The van der Waals surface area contributed by atoms with E-state index in [2.05, 4.69) is 0 Å². The van der Waals surface area contributed by atoms with E-state index in [1.54, 1.807) is 0 Å². The van der Waals surface area contributed by atoms with Gasteiger partial charge < -0.3 is 10.2 Å². The fourth-order valence-corrected chi connectivity index (χ4v) is 1.89. The molecule has 1 rings (SSSR count). The monoisotopic (exact) mass is 250 g/mol. The maximum atomic E-state index is 10.9. The molecule has 1 aliphatic carbocycles. The lowest BCUT2D eigenvalue weighted by molar-refractivity contribution is -0.138. The largest absolute Gasteiger partial charge is 0.480 e. The zero-order valence-corrected chi connectivity index (χ0v) is 9.21. The molecule has 0 fully saturated rings. The van der Waals surface area contributed by atoms with Crippen LogP contribution in [0.1, 0.15) is 6.92 Å². The summed E-state index contributed by atoms with van der Waals surface area (Å²) in [6.07, 6.45) is 2.54. The summed E-state index contributed by atoms with van der Waals surface area (Å²) < 4.78 is 0. The van der Waals surface area contributed by atoms with E-state index in [0.717, 1.165) is 0 Å². The van der Waals surface area contributed by atoms with E-state index in [4.69, 9.17) is 33.4 Å². The van der Waals surface area contributed by atoms with Crippen LogP contribution in [-0.4, -0.2) is 32.4 Å². The third-order valence-electron chi connectivity index (χ3n) is 2.18. The smallest absolute Gasteiger partial charge is 0.333 e. The Morgan fingerprint density at radius 2 is 2.00 bits per heavy atom. The Balaban J connectivity index is 3.26. The zero-order valence-electron chi connectivity index (χ0n) is 7.70. The number of rotatable bonds is 2. The van der Waals surface area contributed by atoms with Gasteiger partial charge in [0.05, 0.1) is 11.0 Å². The van der Waals surface area contributed by atoms with E-state index in [1.807, 2.05) is 0 Å². The van der Waals surface area contributed by atoms with Crippen LogP contribution in [-0.2, 0) is 9.59 Å². The maximum Gasteiger partial charge on any atom is 0.333 e. The van der Waals surface area contributed by atoms with E-state index in [9.17, 15) is 9.59 Å². The van der Waals surface area contributed by atoms with Crippen molar-refractivity contribution in [1.82, 2.24) is 0 Å². The van der Waals surface area contributed by atoms with Crippen molar-refractivity contribution < 1.29 is 19.8 Å². The van der Waals surface area contributed by atoms with Crippen LogP contribution in [0.15, 0.2) is 23.3 Å². The SMILES string of the molecule is CC1=C(C(=O)O)C(Cl)C(Cl)(C(=O)O)C=C1. The van der Waals surface area contributed by atoms with E-state index in [1.165, 1.54) is 19.1 Å². The van der Waals surface area contributed by atoms with Gasteiger partial charge in [0, 0.05) is 0 Å². The highest BCUT2D eigenvalue weighted by Crippen LogP contribution is 2.37. The standard InChI is InChI=1S/C9H8Cl2O4/c1-4-2-3-9(11,8(14)15)6(10)5(4)7(12)13/h2-3,6H,1H3,(H,12,13)(H,14,15). The molecule has 0 aliphatic heterocycles. The Morgan fingerprint density at radius 1 is 1.47 bits per heavy atom. The molecule has 0 saturated carbocycles. The second kappa shape index (κ2) is 3.87. The Morgan fingerprint density at radius 3 is 2.40 bits per heavy atom. The third-order valence-corrected chi connectivity index (χ3v) is 3.36. The van der Waals surface area contributed by atoms with E-state index >= 15 is 0 Å². The summed E-state index contributed by atoms with van der Waals surface area (Å²) in [5, 5.41) is 16.4. The van der Waals surface area contributed by atoms with Crippen LogP contribution in [0, 0.1) is 0 Å². The molecule has 1 aliphatic rings. The molecule has 0 saturated heterocycles. The van der Waals surface area contributed by atoms with Crippen molar-refractivity contribution >= 4 is 35.1 Å². The van der Waals surface area contributed by atoms with E-state index < -0.39 is 22.2 Å². The lowest BCUT2D eigenvalue weighted by Crippen LogP contribution is -2.44. The van der Waals surface area contributed by atoms with Gasteiger partial charge in [-0.3, -0.25) is 0 Å². The van der Waals surface area contributed by atoms with Crippen LogP contribution >= 0.6 is 23.2 Å². The minimum absolute atomic E-state index is 0.184. The number of hydrogen-bond acceptors (Lipinski definition) is 2. The summed E-state index contributed by atoms with van der Waals surface area (Å²) >= 11 is 11.5. The number of aliphatic carboxylic acids is 2. The lowest BCUT2D eigenvalue weighted by Gasteiger charge is -2.28. The quantitative estimate of drug-likeness (QED) is 0.731. The molecule has 2 N–H and O–H groups in total. The van der Waals surface area contributed by atoms with Crippen molar-refractivity contribution in [3.05, 3.63) is 23.3 Å². The highest BCUT2D eigenvalue weighted by Gasteiger charge is 2.47. The summed E-state index contributed by atoms with van der Waals surface area (Å²) in [6.45, 7) is 1.54. The van der Waals surface area contributed by atoms with Crippen molar-refractivity contribution in [2.45, 2.75) is 17.2 Å². The molecule has 0 aromatic heterocycles. The fourth-order valence-electron chi connectivity index (χ4n) is 1.29. The van der Waals surface area contributed by atoms with E-state index in [-0.39, 0.29) is 5.57 Å². The topological polar surface area (TPSA) is 74.6 Å². The average molecular weight is 251 g/mol. The predicted molar refractivity (Wildman–Crippen MR) is 55.3 cm³/mol. The Kier molecular flexibility index (Phi) is 3.11. The molecule has 0 spiro atoms. The summed E-state index contributed by atoms with van der Waals surface area (Å²) in [5.74, 6) is -2.63. The molecule has 6 heteroatoms. The van der Waals surface area contributed by atoms with Gasteiger partial charge >= 0.3 is 11.9 Å². The minimum Gasteiger partial charge on any atom is -0.480 e. The molecule has 0 aromatic carbocycles. The number of halogens is 2. The molecule has 2 unspecified atom stereocenters. The molecule has 82 valence electrons. The first kappa shape index (κ1) is 12.1. The van der Waals surface area contributed by atoms with Crippen molar-refractivity contribution in [3.8, 4) is 0 Å². The molecular formula is C9H8Cl2O4. The molecule has 0 radical (unpaired) electrons. The molecule has 0 bridgehead atoms. The second-order valence-electron chi connectivity index (χ2n) is 3.17. The van der Waals surface area contributed by atoms with Crippen LogP contribution in [0.5, 0.6) is 0 Å². The molecule has 4 nitrogen and oxygen atoms in total. The molecule has 15 heavy (non-hydrogen) atoms. The third kappa shape index (κ3) is 1.87. The predicted octanol–water partition coefficient (Wildman–Crippen LogP) is 1.63. The van der Waals surface area contributed by atoms with E-state index in [0.29, 0.717) is 5.57 Å². The molecule has 0 amide bonds. The first-order valence-corrected chi connectivity index (χ1v) is 4.82. The zero-order chi connectivity index (χ0) is 11.8. The molecule has 2 atom stereocenters. The first-order valence-electron chi connectivity index (χ1n) is 4.00. The molecule has 0 heterocycles. The van der Waals surface area contributed by atoms with Crippen molar-refractivity contribution in [3.63, 3.8) is 0 Å². The molecule has 0 aromatic rings. The van der Waals surface area contributed by atoms with Crippen molar-refractivity contribution in [1.29, 1.82) is 0 Å². The van der Waals surface area contributed by atoms with Crippen molar-refractivity contribution in [2.75, 3.05) is 0 Å². The summed E-state index contributed by atoms with van der Waals surface area (Å²) in [5.41, 5.74) is 0.219. The maximum absolute atomic E-state index is 10.9. The first-order chi connectivity index (χ1) is 6.80. The van der Waals surface area contributed by atoms with Gasteiger partial charge in [-0.2, -0.15) is 0 Å². The van der Waals surface area contributed by atoms with Gasteiger partial charge in [0.1, 0.15) is 0 Å². The van der Waals surface area contributed by atoms with Crippen LogP contribution in [0.3, 0.4) is 0 Å². The number of alkyl halides is 2. The second-order valence-corrected chi connectivity index (χ2v) is 4.23.